The third-order valence-electron chi connectivity index (χ3n) is 2.03. The Bertz CT molecular complexity index is 547. The van der Waals surface area contributed by atoms with E-state index in [2.05, 4.69) is 4.72 Å². The molecule has 0 radical (unpaired) electrons. The van der Waals surface area contributed by atoms with Crippen LogP contribution >= 0.6 is 11.6 Å². The first-order chi connectivity index (χ1) is 7.86. The van der Waals surface area contributed by atoms with Crippen LogP contribution in [0.5, 0.6) is 0 Å². The van der Waals surface area contributed by atoms with E-state index in [-0.39, 0.29) is 15.8 Å². The van der Waals surface area contributed by atoms with Gasteiger partial charge in [-0.3, -0.25) is 0 Å². The summed E-state index contributed by atoms with van der Waals surface area (Å²) in [5.41, 5.74) is 0.331. The van der Waals surface area contributed by atoms with Gasteiger partial charge in [-0.1, -0.05) is 25.4 Å². The highest BCUT2D eigenvalue weighted by molar-refractivity contribution is 7.89. The Morgan fingerprint density at radius 2 is 2.12 bits per heavy atom. The predicted octanol–water partition coefficient (Wildman–Crippen LogP) is 2.15. The summed E-state index contributed by atoms with van der Waals surface area (Å²) in [4.78, 5) is -0.00110. The van der Waals surface area contributed by atoms with Crippen molar-refractivity contribution in [3.63, 3.8) is 0 Å². The van der Waals surface area contributed by atoms with Crippen LogP contribution in [0.15, 0.2) is 23.1 Å². The van der Waals surface area contributed by atoms with E-state index in [0.29, 0.717) is 12.1 Å². The Morgan fingerprint density at radius 3 is 2.59 bits per heavy atom. The Morgan fingerprint density at radius 1 is 1.47 bits per heavy atom. The Labute approximate surface area is 106 Å². The minimum absolute atomic E-state index is 0.00110. The molecule has 0 amide bonds. The van der Waals surface area contributed by atoms with E-state index in [0.717, 1.165) is 0 Å². The van der Waals surface area contributed by atoms with Crippen molar-refractivity contribution in [2.75, 3.05) is 6.54 Å². The highest BCUT2D eigenvalue weighted by Crippen LogP contribution is 2.22. The van der Waals surface area contributed by atoms with Crippen molar-refractivity contribution < 1.29 is 8.42 Å². The lowest BCUT2D eigenvalue weighted by molar-refractivity contribution is 0.560. The molecule has 1 aromatic carbocycles. The molecule has 0 aliphatic carbocycles. The molecule has 4 nitrogen and oxygen atoms in total. The zero-order chi connectivity index (χ0) is 13.1. The van der Waals surface area contributed by atoms with E-state index in [1.807, 2.05) is 19.9 Å². The summed E-state index contributed by atoms with van der Waals surface area (Å²) >= 11 is 5.84. The zero-order valence-electron chi connectivity index (χ0n) is 9.57. The number of nitrogens with zero attached hydrogens (tertiary/aromatic N) is 1. The van der Waals surface area contributed by atoms with Crippen LogP contribution in [0.2, 0.25) is 5.02 Å². The number of halogens is 1. The molecule has 0 spiro atoms. The number of rotatable bonds is 4. The van der Waals surface area contributed by atoms with Gasteiger partial charge in [-0.05, 0) is 24.1 Å². The maximum Gasteiger partial charge on any atom is 0.242 e. The third kappa shape index (κ3) is 3.70. The van der Waals surface area contributed by atoms with Gasteiger partial charge in [-0.25, -0.2) is 13.1 Å². The van der Waals surface area contributed by atoms with Crippen LogP contribution in [-0.2, 0) is 10.0 Å². The molecule has 92 valence electrons. The SMILES string of the molecule is CC(C)CNS(=O)(=O)c1ccc(C#N)cc1Cl. The van der Waals surface area contributed by atoms with Crippen molar-refractivity contribution >= 4 is 21.6 Å². The number of nitrogens with one attached hydrogen (secondary N) is 1. The van der Waals surface area contributed by atoms with Gasteiger partial charge >= 0.3 is 0 Å². The molecule has 0 bridgehead atoms. The molecule has 0 unspecified atom stereocenters. The van der Waals surface area contributed by atoms with Crippen molar-refractivity contribution in [1.29, 1.82) is 5.26 Å². The molecule has 6 heteroatoms. The summed E-state index contributed by atoms with van der Waals surface area (Å²) in [6.45, 7) is 4.16. The maximum atomic E-state index is 11.9. The largest absolute Gasteiger partial charge is 0.242 e. The first-order valence-corrected chi connectivity index (χ1v) is 6.92. The molecule has 0 atom stereocenters. The van der Waals surface area contributed by atoms with E-state index in [9.17, 15) is 8.42 Å². The molecule has 1 N–H and O–H groups in total. The van der Waals surface area contributed by atoms with Crippen molar-refractivity contribution in [3.05, 3.63) is 28.8 Å². The normalized spacial score (nSPS) is 11.5. The quantitative estimate of drug-likeness (QED) is 0.913. The molecule has 1 rings (SSSR count). The second-order valence-corrected chi connectivity index (χ2v) is 6.15. The molecule has 0 aliphatic heterocycles. The molecule has 0 fully saturated rings. The van der Waals surface area contributed by atoms with E-state index < -0.39 is 10.0 Å². The Hall–Kier alpha value is -1.09. The molecular weight excluding hydrogens is 260 g/mol. The minimum Gasteiger partial charge on any atom is -0.211 e. The average Bonchev–Trinajstić information content (AvgIpc) is 2.26. The van der Waals surface area contributed by atoms with Crippen LogP contribution in [0.1, 0.15) is 19.4 Å². The molecule has 0 heterocycles. The van der Waals surface area contributed by atoms with Gasteiger partial charge in [0.15, 0.2) is 0 Å². The summed E-state index contributed by atoms with van der Waals surface area (Å²) in [6.07, 6.45) is 0. The summed E-state index contributed by atoms with van der Waals surface area (Å²) in [6, 6.07) is 6.00. The number of hydrogen-bond donors (Lipinski definition) is 1. The van der Waals surface area contributed by atoms with Gasteiger partial charge in [0.1, 0.15) is 4.90 Å². The van der Waals surface area contributed by atoms with Crippen LogP contribution in [0.3, 0.4) is 0 Å². The number of sulfonamides is 1. The molecule has 0 saturated carbocycles. The Kier molecular flexibility index (Phi) is 4.52. The van der Waals surface area contributed by atoms with Crippen LogP contribution in [-0.4, -0.2) is 15.0 Å². The smallest absolute Gasteiger partial charge is 0.211 e. The fraction of sp³-hybridized carbons (Fsp3) is 0.364. The van der Waals surface area contributed by atoms with Crippen molar-refractivity contribution in [2.45, 2.75) is 18.7 Å². The van der Waals surface area contributed by atoms with Gasteiger partial charge in [0, 0.05) is 6.54 Å². The number of benzene rings is 1. The third-order valence-corrected chi connectivity index (χ3v) is 3.94. The van der Waals surface area contributed by atoms with E-state index in [4.69, 9.17) is 16.9 Å². The highest BCUT2D eigenvalue weighted by Gasteiger charge is 2.18. The van der Waals surface area contributed by atoms with Crippen molar-refractivity contribution in [1.82, 2.24) is 4.72 Å². The molecule has 1 aromatic rings. The number of hydrogen-bond acceptors (Lipinski definition) is 3. The van der Waals surface area contributed by atoms with Gasteiger partial charge in [0.2, 0.25) is 10.0 Å². The van der Waals surface area contributed by atoms with E-state index in [1.54, 1.807) is 0 Å². The van der Waals surface area contributed by atoms with Gasteiger partial charge in [-0.15, -0.1) is 0 Å². The molecule has 0 aliphatic rings. The lowest BCUT2D eigenvalue weighted by atomic mass is 10.2. The second kappa shape index (κ2) is 5.50. The zero-order valence-corrected chi connectivity index (χ0v) is 11.1. The molecule has 17 heavy (non-hydrogen) atoms. The van der Waals surface area contributed by atoms with Crippen LogP contribution in [0.4, 0.5) is 0 Å². The maximum absolute atomic E-state index is 11.9. The number of nitriles is 1. The van der Waals surface area contributed by atoms with Crippen molar-refractivity contribution in [2.24, 2.45) is 5.92 Å². The van der Waals surface area contributed by atoms with E-state index in [1.165, 1.54) is 18.2 Å². The lowest BCUT2D eigenvalue weighted by Gasteiger charge is -2.10. The monoisotopic (exact) mass is 272 g/mol. The summed E-state index contributed by atoms with van der Waals surface area (Å²) in [5.74, 6) is 0.210. The average molecular weight is 273 g/mol. The molecule has 0 saturated heterocycles. The van der Waals surface area contributed by atoms with Gasteiger partial charge < -0.3 is 0 Å². The van der Waals surface area contributed by atoms with Gasteiger partial charge in [0.05, 0.1) is 16.7 Å². The van der Waals surface area contributed by atoms with Gasteiger partial charge in [0.25, 0.3) is 0 Å². The predicted molar refractivity (Wildman–Crippen MR) is 66.2 cm³/mol. The fourth-order valence-electron chi connectivity index (χ4n) is 1.14. The first kappa shape index (κ1) is 14.0. The lowest BCUT2D eigenvalue weighted by Crippen LogP contribution is -2.27. The standard InChI is InChI=1S/C11H13ClN2O2S/c1-8(2)7-14-17(15,16)11-4-3-9(6-13)5-10(11)12/h3-5,8,14H,7H2,1-2H3. The van der Waals surface area contributed by atoms with Crippen LogP contribution in [0.25, 0.3) is 0 Å². The molecule has 0 aromatic heterocycles. The highest BCUT2D eigenvalue weighted by atomic mass is 35.5. The summed E-state index contributed by atoms with van der Waals surface area (Å²) in [5, 5.41) is 8.71. The Balaban J connectivity index is 3.04. The van der Waals surface area contributed by atoms with Crippen LogP contribution in [0, 0.1) is 17.2 Å². The minimum atomic E-state index is -3.60. The second-order valence-electron chi connectivity index (χ2n) is 4.00. The first-order valence-electron chi connectivity index (χ1n) is 5.06. The van der Waals surface area contributed by atoms with E-state index >= 15 is 0 Å². The molecular formula is C11H13ClN2O2S. The van der Waals surface area contributed by atoms with Crippen LogP contribution < -0.4 is 4.72 Å². The summed E-state index contributed by atoms with van der Waals surface area (Å²) in [7, 11) is -3.60. The fourth-order valence-corrected chi connectivity index (χ4v) is 2.90. The topological polar surface area (TPSA) is 70.0 Å². The summed E-state index contributed by atoms with van der Waals surface area (Å²) < 4.78 is 26.2. The van der Waals surface area contributed by atoms with Gasteiger partial charge in [-0.2, -0.15) is 5.26 Å². The van der Waals surface area contributed by atoms with Crippen molar-refractivity contribution in [3.8, 4) is 6.07 Å².